The monoisotopic (exact) mass is 746 g/mol. The Morgan fingerprint density at radius 3 is 2.35 bits per heavy atom. The molecule has 1 aliphatic carbocycles. The third kappa shape index (κ3) is 6.98. The SMILES string of the molecule is C=CC(=O)N1CC2(CCN(c3nc(N4CCC(OC5CN(C)C5)CC4)nc4c(OCC(F)(F)F)c(-c5c(C)ccc(N)c5C=N)c(C5CC5)cc34)CC2)C1. The predicted molar refractivity (Wildman–Crippen MR) is 204 cm³/mol. The number of fused-ring (bicyclic) bond motifs is 1. The molecule has 0 atom stereocenters. The van der Waals surface area contributed by atoms with E-state index in [9.17, 15) is 18.0 Å². The summed E-state index contributed by atoms with van der Waals surface area (Å²) in [6.07, 6.45) is 3.34. The molecular formula is C40H49F3N8O3. The fourth-order valence-corrected chi connectivity index (χ4v) is 8.86. The summed E-state index contributed by atoms with van der Waals surface area (Å²) in [4.78, 5) is 31.0. The summed E-state index contributed by atoms with van der Waals surface area (Å²) < 4.78 is 54.6. The molecule has 288 valence electrons. The Morgan fingerprint density at radius 2 is 1.74 bits per heavy atom. The van der Waals surface area contributed by atoms with Crippen molar-refractivity contribution in [1.29, 1.82) is 5.41 Å². The van der Waals surface area contributed by atoms with Gasteiger partial charge < -0.3 is 40.2 Å². The number of rotatable bonds is 10. The van der Waals surface area contributed by atoms with Crippen molar-refractivity contribution in [2.45, 2.75) is 69.8 Å². The van der Waals surface area contributed by atoms with E-state index >= 15 is 0 Å². The van der Waals surface area contributed by atoms with Crippen molar-refractivity contribution in [3.05, 3.63) is 47.5 Å². The average Bonchev–Trinajstić information content (AvgIpc) is 3.98. The first-order chi connectivity index (χ1) is 25.8. The molecule has 1 aromatic heterocycles. The number of aryl methyl sites for hydroxylation is 1. The molecule has 1 spiro atoms. The number of hydrogen-bond donors (Lipinski definition) is 2. The zero-order chi connectivity index (χ0) is 37.9. The normalized spacial score (nSPS) is 20.9. The van der Waals surface area contributed by atoms with Gasteiger partial charge in [-0.3, -0.25) is 4.79 Å². The zero-order valence-electron chi connectivity index (χ0n) is 31.1. The van der Waals surface area contributed by atoms with Gasteiger partial charge in [-0.25, -0.2) is 4.98 Å². The van der Waals surface area contributed by atoms with E-state index in [2.05, 4.69) is 34.4 Å². The standard InChI is InChI=1S/C40H49F3N8O3/c1-4-32(52)51-21-39(22-51)11-15-49(16-12-39)37-29-17-28(25-6-7-25)34(33-24(2)5-8-31(45)30(33)18-44)36(53-23-40(41,42)43)35(29)46-38(47-37)50-13-9-26(10-14-50)54-27-19-48(3)20-27/h4-5,8,17-18,25-27,44H,1,6-7,9-16,19-23,45H2,2-3H3. The highest BCUT2D eigenvalue weighted by molar-refractivity contribution is 6.05. The number of aromatic nitrogens is 2. The van der Waals surface area contributed by atoms with E-state index in [1.165, 1.54) is 12.3 Å². The highest BCUT2D eigenvalue weighted by atomic mass is 19.4. The molecule has 8 rings (SSSR count). The van der Waals surface area contributed by atoms with Crippen molar-refractivity contribution in [1.82, 2.24) is 19.8 Å². The number of alkyl halides is 3. The van der Waals surface area contributed by atoms with Crippen LogP contribution >= 0.6 is 0 Å². The number of carbonyl (C=O) groups is 1. The van der Waals surface area contributed by atoms with Gasteiger partial charge in [-0.05, 0) is 93.3 Å². The van der Waals surface area contributed by atoms with Crippen LogP contribution in [0.2, 0.25) is 0 Å². The van der Waals surface area contributed by atoms with Crippen molar-refractivity contribution in [2.75, 3.05) is 81.5 Å². The van der Waals surface area contributed by atoms with Crippen LogP contribution in [0.1, 0.15) is 61.1 Å². The zero-order valence-corrected chi connectivity index (χ0v) is 31.1. The maximum absolute atomic E-state index is 14.1. The van der Waals surface area contributed by atoms with Gasteiger partial charge in [-0.1, -0.05) is 12.6 Å². The molecule has 4 aliphatic heterocycles. The van der Waals surface area contributed by atoms with E-state index in [0.29, 0.717) is 84.3 Å². The first-order valence-corrected chi connectivity index (χ1v) is 19.1. The van der Waals surface area contributed by atoms with Gasteiger partial charge in [0.15, 0.2) is 12.4 Å². The van der Waals surface area contributed by atoms with E-state index in [1.807, 2.05) is 17.9 Å². The molecule has 1 amide bonds. The molecule has 14 heteroatoms. The van der Waals surface area contributed by atoms with Gasteiger partial charge in [0.05, 0.1) is 12.2 Å². The molecule has 0 unspecified atom stereocenters. The molecule has 1 saturated carbocycles. The maximum Gasteiger partial charge on any atom is 0.422 e. The number of nitrogens with one attached hydrogen (secondary N) is 1. The van der Waals surface area contributed by atoms with Crippen LogP contribution in [0.3, 0.4) is 0 Å². The summed E-state index contributed by atoms with van der Waals surface area (Å²) in [7, 11) is 2.08. The number of ether oxygens (including phenoxy) is 2. The molecule has 2 aromatic carbocycles. The lowest BCUT2D eigenvalue weighted by Gasteiger charge is -2.54. The van der Waals surface area contributed by atoms with Gasteiger partial charge in [-0.15, -0.1) is 0 Å². The van der Waals surface area contributed by atoms with E-state index in [-0.39, 0.29) is 35.2 Å². The number of hydrogen-bond acceptors (Lipinski definition) is 10. The third-order valence-electron chi connectivity index (χ3n) is 12.0. The number of nitrogens with two attached hydrogens (primary N) is 1. The van der Waals surface area contributed by atoms with Gasteiger partial charge in [0.25, 0.3) is 0 Å². The van der Waals surface area contributed by atoms with Gasteiger partial charge in [-0.2, -0.15) is 18.2 Å². The highest BCUT2D eigenvalue weighted by Crippen LogP contribution is 2.53. The van der Waals surface area contributed by atoms with Gasteiger partial charge >= 0.3 is 6.18 Å². The minimum absolute atomic E-state index is 0.0270. The minimum Gasteiger partial charge on any atom is -0.481 e. The first kappa shape index (κ1) is 36.5. The summed E-state index contributed by atoms with van der Waals surface area (Å²) in [6.45, 7) is 9.90. The van der Waals surface area contributed by atoms with Crippen molar-refractivity contribution >= 4 is 40.5 Å². The highest BCUT2D eigenvalue weighted by Gasteiger charge is 2.47. The lowest BCUT2D eigenvalue weighted by molar-refractivity contribution is -0.153. The number of nitrogens with zero attached hydrogens (tertiary/aromatic N) is 6. The summed E-state index contributed by atoms with van der Waals surface area (Å²) >= 11 is 0. The smallest absolute Gasteiger partial charge is 0.422 e. The largest absolute Gasteiger partial charge is 0.481 e. The lowest BCUT2D eigenvalue weighted by Crippen LogP contribution is -2.61. The number of amides is 1. The minimum atomic E-state index is -4.60. The molecule has 5 heterocycles. The maximum atomic E-state index is 14.1. The fraction of sp³-hybridized carbons (Fsp3) is 0.550. The molecule has 0 bridgehead atoms. The van der Waals surface area contributed by atoms with Crippen molar-refractivity contribution in [2.24, 2.45) is 5.41 Å². The number of piperidine rings is 2. The Bertz CT molecular complexity index is 1950. The van der Waals surface area contributed by atoms with Crippen LogP contribution in [0.25, 0.3) is 22.0 Å². The van der Waals surface area contributed by atoms with Crippen LogP contribution in [-0.2, 0) is 9.53 Å². The number of anilines is 3. The number of halogens is 3. The molecule has 5 aliphatic rings. The topological polar surface area (TPSA) is 124 Å². The average molecular weight is 747 g/mol. The number of carbonyl (C=O) groups excluding carboxylic acids is 1. The third-order valence-corrected chi connectivity index (χ3v) is 12.0. The number of nitrogen functional groups attached to an aromatic ring is 1. The van der Waals surface area contributed by atoms with Crippen LogP contribution in [0.5, 0.6) is 5.75 Å². The Kier molecular flexibility index (Phi) is 9.48. The van der Waals surface area contributed by atoms with Gasteiger partial charge in [0.2, 0.25) is 11.9 Å². The molecule has 11 nitrogen and oxygen atoms in total. The second kappa shape index (κ2) is 14.0. The molecule has 4 saturated heterocycles. The van der Waals surface area contributed by atoms with Crippen LogP contribution in [0, 0.1) is 17.7 Å². The summed E-state index contributed by atoms with van der Waals surface area (Å²) in [6, 6.07) is 5.62. The van der Waals surface area contributed by atoms with E-state index in [4.69, 9.17) is 30.6 Å². The quantitative estimate of drug-likeness (QED) is 0.148. The lowest BCUT2D eigenvalue weighted by atomic mass is 9.72. The Hall–Kier alpha value is -4.43. The first-order valence-electron chi connectivity index (χ1n) is 19.1. The molecule has 3 aromatic rings. The van der Waals surface area contributed by atoms with Crippen LogP contribution in [0.4, 0.5) is 30.6 Å². The van der Waals surface area contributed by atoms with Crippen LogP contribution < -0.4 is 20.3 Å². The van der Waals surface area contributed by atoms with Crippen molar-refractivity contribution in [3.8, 4) is 16.9 Å². The Balaban J connectivity index is 1.24. The molecule has 0 radical (unpaired) electrons. The van der Waals surface area contributed by atoms with Gasteiger partial charge in [0.1, 0.15) is 11.3 Å². The van der Waals surface area contributed by atoms with Crippen LogP contribution in [0.15, 0.2) is 30.9 Å². The number of likely N-dealkylation sites (N-methyl/N-ethyl adjacent to an activating group) is 1. The summed E-state index contributed by atoms with van der Waals surface area (Å²) in [5.74, 6) is 1.23. The fourth-order valence-electron chi connectivity index (χ4n) is 8.86. The number of benzene rings is 2. The van der Waals surface area contributed by atoms with E-state index in [1.54, 1.807) is 6.07 Å². The second-order valence-corrected chi connectivity index (χ2v) is 16.0. The predicted octanol–water partition coefficient (Wildman–Crippen LogP) is 5.92. The molecule has 54 heavy (non-hydrogen) atoms. The van der Waals surface area contributed by atoms with Crippen LogP contribution in [-0.4, -0.2) is 116 Å². The Morgan fingerprint density at radius 1 is 1.04 bits per heavy atom. The van der Waals surface area contributed by atoms with Crippen molar-refractivity contribution < 1.29 is 27.4 Å². The van der Waals surface area contributed by atoms with E-state index < -0.39 is 12.8 Å². The second-order valence-electron chi connectivity index (χ2n) is 16.0. The molecule has 3 N–H and O–H groups in total. The summed E-state index contributed by atoms with van der Waals surface area (Å²) in [5, 5.41) is 8.97. The van der Waals surface area contributed by atoms with Gasteiger partial charge in [0, 0.05) is 86.2 Å². The molecular weight excluding hydrogens is 697 g/mol. The van der Waals surface area contributed by atoms with Crippen molar-refractivity contribution in [3.63, 3.8) is 0 Å². The summed E-state index contributed by atoms with van der Waals surface area (Å²) in [5.41, 5.74) is 10.3. The molecule has 5 fully saturated rings. The Labute approximate surface area is 313 Å². The number of likely N-dealkylation sites (tertiary alicyclic amines) is 2. The van der Waals surface area contributed by atoms with E-state index in [0.717, 1.165) is 62.7 Å².